The molecule has 1 N–H and O–H groups in total. The van der Waals surface area contributed by atoms with Crippen LogP contribution in [0.5, 0.6) is 0 Å². The lowest BCUT2D eigenvalue weighted by molar-refractivity contribution is -0.144. The summed E-state index contributed by atoms with van der Waals surface area (Å²) in [6.45, 7) is 9.28. The number of hydrogen-bond donors (Lipinski definition) is 1. The Labute approximate surface area is 205 Å². The number of ether oxygens (including phenoxy) is 2. The molecule has 196 valence electrons. The second kappa shape index (κ2) is 23.9. The van der Waals surface area contributed by atoms with Crippen molar-refractivity contribution in [3.8, 4) is 0 Å². The fourth-order valence-corrected chi connectivity index (χ4v) is 4.00. The minimum atomic E-state index is -0.443. The highest BCUT2D eigenvalue weighted by Gasteiger charge is 2.15. The topological polar surface area (TPSA) is 64.6 Å². The van der Waals surface area contributed by atoms with Crippen molar-refractivity contribution in [3.63, 3.8) is 0 Å². The van der Waals surface area contributed by atoms with Gasteiger partial charge in [0.05, 0.1) is 19.6 Å². The zero-order valence-corrected chi connectivity index (χ0v) is 22.4. The number of unbranched alkanes of at least 4 members (excludes halogenated alkanes) is 13. The van der Waals surface area contributed by atoms with Gasteiger partial charge in [-0.15, -0.1) is 0 Å². The van der Waals surface area contributed by atoms with E-state index in [4.69, 9.17) is 9.47 Å². The lowest BCUT2D eigenvalue weighted by atomic mass is 10.0. The molecular weight excluding hydrogens is 414 g/mol. The van der Waals surface area contributed by atoms with Gasteiger partial charge in [0.1, 0.15) is 0 Å². The van der Waals surface area contributed by atoms with Crippen molar-refractivity contribution >= 4 is 12.1 Å². The first-order chi connectivity index (χ1) is 16.0. The predicted octanol–water partition coefficient (Wildman–Crippen LogP) is 8.34. The molecule has 5 nitrogen and oxygen atoms in total. The maximum atomic E-state index is 12.0. The number of hydrogen-bond acceptors (Lipinski definition) is 4. The molecule has 0 aliphatic rings. The smallest absolute Gasteiger partial charge is 0.407 e. The Hall–Kier alpha value is -1.26. The van der Waals surface area contributed by atoms with E-state index in [1.165, 1.54) is 70.6 Å². The van der Waals surface area contributed by atoms with E-state index >= 15 is 0 Å². The van der Waals surface area contributed by atoms with Crippen LogP contribution in [0.3, 0.4) is 0 Å². The number of rotatable bonds is 23. The normalized spacial score (nSPS) is 12.8. The molecular formula is C28H55NO4. The van der Waals surface area contributed by atoms with Gasteiger partial charge in [-0.3, -0.25) is 4.79 Å². The number of alkyl carbamates (subject to hydrolysis) is 1. The summed E-state index contributed by atoms with van der Waals surface area (Å²) in [6.07, 6.45) is 21.0. The zero-order chi connectivity index (χ0) is 24.6. The van der Waals surface area contributed by atoms with Gasteiger partial charge in [0.2, 0.25) is 0 Å². The van der Waals surface area contributed by atoms with Gasteiger partial charge in [-0.25, -0.2) is 4.79 Å². The zero-order valence-electron chi connectivity index (χ0n) is 22.4. The Bertz CT molecular complexity index is 455. The Morgan fingerprint density at radius 3 is 1.73 bits per heavy atom. The maximum absolute atomic E-state index is 12.0. The van der Waals surface area contributed by atoms with Crippen LogP contribution in [0.2, 0.25) is 0 Å². The second-order valence-electron chi connectivity index (χ2n) is 9.73. The fraction of sp³-hybridized carbons (Fsp3) is 0.929. The standard InChI is InChI=1S/C28H55NO4/c1-5-8-10-11-12-13-14-15-16-17-18-19-20-22-32-27(30)23-25(4)29-28(31)33-24-26(7-3)21-9-6-2/h25-26H,5-24H2,1-4H3,(H,29,31). The predicted molar refractivity (Wildman–Crippen MR) is 139 cm³/mol. The van der Waals surface area contributed by atoms with Crippen molar-refractivity contribution in [2.24, 2.45) is 5.92 Å². The Balaban J connectivity index is 3.55. The number of nitrogens with one attached hydrogen (secondary N) is 1. The third-order valence-electron chi connectivity index (χ3n) is 6.34. The second-order valence-corrected chi connectivity index (χ2v) is 9.73. The third-order valence-corrected chi connectivity index (χ3v) is 6.34. The van der Waals surface area contributed by atoms with Gasteiger partial charge in [0, 0.05) is 6.04 Å². The molecule has 0 spiro atoms. The van der Waals surface area contributed by atoms with Crippen molar-refractivity contribution in [2.45, 2.75) is 149 Å². The quantitative estimate of drug-likeness (QED) is 0.121. The van der Waals surface area contributed by atoms with E-state index in [1.54, 1.807) is 0 Å². The fourth-order valence-electron chi connectivity index (χ4n) is 4.00. The van der Waals surface area contributed by atoms with Gasteiger partial charge in [-0.2, -0.15) is 0 Å². The van der Waals surface area contributed by atoms with Crippen LogP contribution in [0.15, 0.2) is 0 Å². The van der Waals surface area contributed by atoms with Gasteiger partial charge < -0.3 is 14.8 Å². The van der Waals surface area contributed by atoms with Crippen molar-refractivity contribution in [1.82, 2.24) is 5.32 Å². The van der Waals surface area contributed by atoms with Crippen molar-refractivity contribution < 1.29 is 19.1 Å². The van der Waals surface area contributed by atoms with Crippen LogP contribution in [0.1, 0.15) is 143 Å². The molecule has 0 saturated heterocycles. The van der Waals surface area contributed by atoms with Crippen molar-refractivity contribution in [2.75, 3.05) is 13.2 Å². The van der Waals surface area contributed by atoms with Crippen molar-refractivity contribution in [3.05, 3.63) is 0 Å². The Kier molecular flexibility index (Phi) is 23.0. The molecule has 0 rings (SSSR count). The van der Waals surface area contributed by atoms with Crippen LogP contribution < -0.4 is 5.32 Å². The number of carbonyl (C=O) groups excluding carboxylic acids is 2. The molecule has 0 bridgehead atoms. The van der Waals surface area contributed by atoms with E-state index in [0.29, 0.717) is 19.1 Å². The summed E-state index contributed by atoms with van der Waals surface area (Å²) in [5.74, 6) is 0.160. The van der Waals surface area contributed by atoms with E-state index in [-0.39, 0.29) is 18.4 Å². The summed E-state index contributed by atoms with van der Waals surface area (Å²) >= 11 is 0. The molecule has 0 radical (unpaired) electrons. The summed E-state index contributed by atoms with van der Waals surface area (Å²) in [7, 11) is 0. The molecule has 0 fully saturated rings. The van der Waals surface area contributed by atoms with Gasteiger partial charge in [-0.05, 0) is 25.7 Å². The highest BCUT2D eigenvalue weighted by Crippen LogP contribution is 2.14. The van der Waals surface area contributed by atoms with E-state index in [0.717, 1.165) is 38.5 Å². The first kappa shape index (κ1) is 31.7. The van der Waals surface area contributed by atoms with Gasteiger partial charge in [0.25, 0.3) is 0 Å². The number of carbonyl (C=O) groups is 2. The van der Waals surface area contributed by atoms with Crippen molar-refractivity contribution in [1.29, 1.82) is 0 Å². The molecule has 0 aromatic carbocycles. The molecule has 5 heteroatoms. The summed E-state index contributed by atoms with van der Waals surface area (Å²) in [4.78, 5) is 23.9. The van der Waals surface area contributed by atoms with Gasteiger partial charge in [-0.1, -0.05) is 117 Å². The molecule has 0 aliphatic carbocycles. The summed E-state index contributed by atoms with van der Waals surface area (Å²) in [5.41, 5.74) is 0. The third kappa shape index (κ3) is 22.3. The molecule has 33 heavy (non-hydrogen) atoms. The lowest BCUT2D eigenvalue weighted by Gasteiger charge is -2.17. The van der Waals surface area contributed by atoms with Crippen LogP contribution in [-0.2, 0) is 14.3 Å². The summed E-state index contributed by atoms with van der Waals surface area (Å²) < 4.78 is 10.7. The average molecular weight is 470 g/mol. The van der Waals surface area contributed by atoms with Crippen LogP contribution in [0.25, 0.3) is 0 Å². The highest BCUT2D eigenvalue weighted by atomic mass is 16.5. The van der Waals surface area contributed by atoms with E-state index in [2.05, 4.69) is 26.1 Å². The molecule has 0 aromatic rings. The molecule has 0 heterocycles. The number of esters is 1. The number of amides is 1. The average Bonchev–Trinajstić information content (AvgIpc) is 2.79. The largest absolute Gasteiger partial charge is 0.466 e. The molecule has 0 aromatic heterocycles. The van der Waals surface area contributed by atoms with E-state index in [9.17, 15) is 9.59 Å². The lowest BCUT2D eigenvalue weighted by Crippen LogP contribution is -2.35. The molecule has 0 saturated carbocycles. The SMILES string of the molecule is CCCCCCCCCCCCCCCOC(=O)CC(C)NC(=O)OCC(CC)CCCC. The Morgan fingerprint density at radius 2 is 1.21 bits per heavy atom. The molecule has 2 unspecified atom stereocenters. The Morgan fingerprint density at radius 1 is 0.697 bits per heavy atom. The van der Waals surface area contributed by atoms with Crippen LogP contribution >= 0.6 is 0 Å². The highest BCUT2D eigenvalue weighted by molar-refractivity contribution is 5.72. The minimum Gasteiger partial charge on any atom is -0.466 e. The monoisotopic (exact) mass is 469 g/mol. The minimum absolute atomic E-state index is 0.181. The van der Waals surface area contributed by atoms with Gasteiger partial charge in [0.15, 0.2) is 0 Å². The molecule has 2 atom stereocenters. The van der Waals surface area contributed by atoms with Crippen LogP contribution in [0.4, 0.5) is 4.79 Å². The van der Waals surface area contributed by atoms with Gasteiger partial charge >= 0.3 is 12.1 Å². The van der Waals surface area contributed by atoms with Crippen LogP contribution in [0, 0.1) is 5.92 Å². The summed E-state index contributed by atoms with van der Waals surface area (Å²) in [6, 6.07) is -0.285. The van der Waals surface area contributed by atoms with Crippen LogP contribution in [-0.4, -0.2) is 31.3 Å². The van der Waals surface area contributed by atoms with E-state index in [1.807, 2.05) is 6.92 Å². The van der Waals surface area contributed by atoms with E-state index < -0.39 is 6.09 Å². The maximum Gasteiger partial charge on any atom is 0.407 e. The summed E-state index contributed by atoms with van der Waals surface area (Å²) in [5, 5.41) is 2.74. The first-order valence-corrected chi connectivity index (χ1v) is 14.1. The molecule has 0 aliphatic heterocycles. The molecule has 1 amide bonds. The first-order valence-electron chi connectivity index (χ1n) is 14.1.